The number of aliphatic hydroxyl groups excluding tert-OH is 2. The van der Waals surface area contributed by atoms with Gasteiger partial charge >= 0.3 is 5.69 Å². The Balaban J connectivity index is 1.96. The molecule has 15 nitrogen and oxygen atoms in total. The molecule has 0 aromatic carbocycles. The quantitative estimate of drug-likeness (QED) is 0.236. The van der Waals surface area contributed by atoms with Crippen molar-refractivity contribution in [1.82, 2.24) is 9.55 Å². The summed E-state index contributed by atoms with van der Waals surface area (Å²) in [5.41, 5.74) is 4.49. The van der Waals surface area contributed by atoms with Crippen molar-refractivity contribution in [1.29, 1.82) is 0 Å². The lowest BCUT2D eigenvalue weighted by Crippen LogP contribution is -3.06. The van der Waals surface area contributed by atoms with Gasteiger partial charge in [0.25, 0.3) is 15.6 Å². The molecule has 2 heterocycles. The summed E-state index contributed by atoms with van der Waals surface area (Å²) in [5.74, 6) is -0.0788. The van der Waals surface area contributed by atoms with Gasteiger partial charge in [-0.15, -0.1) is 0 Å². The maximum atomic E-state index is 11.9. The fourth-order valence-electron chi connectivity index (χ4n) is 2.41. The molecule has 0 spiro atoms. The number of phosphoric acid groups is 2. The Hall–Kier alpha value is -1.22. The summed E-state index contributed by atoms with van der Waals surface area (Å²) in [5, 5.41) is 20.1. The first-order valence-electron chi connectivity index (χ1n) is 8.59. The van der Waals surface area contributed by atoms with Crippen LogP contribution in [0.25, 0.3) is 0 Å². The molecule has 5 N–H and O–H groups in total. The lowest BCUT2D eigenvalue weighted by Gasteiger charge is -2.31. The number of anilines is 1. The third kappa shape index (κ3) is 6.90. The van der Waals surface area contributed by atoms with E-state index in [1.165, 1.54) is 6.07 Å². The van der Waals surface area contributed by atoms with E-state index in [2.05, 4.69) is 18.3 Å². The van der Waals surface area contributed by atoms with E-state index in [-0.39, 0.29) is 19.0 Å². The summed E-state index contributed by atoms with van der Waals surface area (Å²) in [4.78, 5) is 39.5. The van der Waals surface area contributed by atoms with E-state index in [0.29, 0.717) is 0 Å². The first-order valence-corrected chi connectivity index (χ1v) is 11.5. The van der Waals surface area contributed by atoms with Crippen molar-refractivity contribution >= 4 is 21.5 Å². The van der Waals surface area contributed by atoms with Gasteiger partial charge in [0.05, 0.1) is 20.7 Å². The molecule has 17 heteroatoms. The minimum atomic E-state index is -5.41. The number of aromatic nitrogens is 2. The molecule has 30 heavy (non-hydrogen) atoms. The molecule has 1 aromatic rings. The SMILES string of the molecule is C[NH+](C)CCOP(=O)([O-])OP(=O)([O-])OC[C@H]1O[C@@H](n2ccc(N)nc2=O)[C@H](O)[C@@H]1O. The largest absolute Gasteiger partial charge is 0.756 e. The number of nitrogens with two attached hydrogens (primary N) is 1. The molecule has 2 rings (SSSR count). The second kappa shape index (κ2) is 9.94. The monoisotopic (exact) mass is 473 g/mol. The number of quaternary nitrogens is 1. The van der Waals surface area contributed by atoms with Gasteiger partial charge in [-0.1, -0.05) is 0 Å². The Morgan fingerprint density at radius 1 is 1.27 bits per heavy atom. The van der Waals surface area contributed by atoms with Gasteiger partial charge in [0.15, 0.2) is 6.23 Å². The summed E-state index contributed by atoms with van der Waals surface area (Å²) >= 11 is 0. The molecule has 0 bridgehead atoms. The normalized spacial score (nSPS) is 28.4. The molecule has 1 fully saturated rings. The first kappa shape index (κ1) is 25.0. The fourth-order valence-corrected chi connectivity index (χ4v) is 4.41. The number of hydrogen-bond donors (Lipinski definition) is 4. The zero-order valence-electron chi connectivity index (χ0n) is 16.0. The van der Waals surface area contributed by atoms with Crippen LogP contribution in [0.4, 0.5) is 5.82 Å². The van der Waals surface area contributed by atoms with Gasteiger partial charge < -0.3 is 44.4 Å². The predicted octanol–water partition coefficient (Wildman–Crippen LogP) is -4.42. The first-order chi connectivity index (χ1) is 13.8. The third-order valence-electron chi connectivity index (χ3n) is 3.91. The summed E-state index contributed by atoms with van der Waals surface area (Å²) in [6.45, 7) is -0.958. The average Bonchev–Trinajstić information content (AvgIpc) is 2.87. The van der Waals surface area contributed by atoms with Crippen molar-refractivity contribution < 1.29 is 52.1 Å². The summed E-state index contributed by atoms with van der Waals surface area (Å²) in [6, 6.07) is 1.25. The van der Waals surface area contributed by atoms with Crippen LogP contribution in [0.5, 0.6) is 0 Å². The van der Waals surface area contributed by atoms with E-state index in [1.54, 1.807) is 14.1 Å². The molecule has 1 aliphatic rings. The highest BCUT2D eigenvalue weighted by molar-refractivity contribution is 7.59. The fraction of sp³-hybridized carbons (Fsp3) is 0.692. The van der Waals surface area contributed by atoms with Gasteiger partial charge in [-0.25, -0.2) is 9.11 Å². The van der Waals surface area contributed by atoms with Crippen molar-refractivity contribution in [3.05, 3.63) is 22.7 Å². The van der Waals surface area contributed by atoms with E-state index >= 15 is 0 Å². The Kier molecular flexibility index (Phi) is 8.29. The molecular formula is C13H23N4O11P2-. The summed E-state index contributed by atoms with van der Waals surface area (Å²) < 4.78 is 42.3. The molecule has 6 atom stereocenters. The molecule has 2 unspecified atom stereocenters. The molecule has 1 saturated heterocycles. The van der Waals surface area contributed by atoms with Gasteiger partial charge in [-0.2, -0.15) is 4.98 Å². The number of likely N-dealkylation sites (N-methyl/N-ethyl adjacent to an activating group) is 1. The smallest absolute Gasteiger partial charge is 0.351 e. The average molecular weight is 473 g/mol. The van der Waals surface area contributed by atoms with Crippen LogP contribution in [0, 0.1) is 0 Å². The molecule has 0 amide bonds. The van der Waals surface area contributed by atoms with E-state index in [9.17, 15) is 33.9 Å². The van der Waals surface area contributed by atoms with Crippen LogP contribution in [-0.4, -0.2) is 71.9 Å². The van der Waals surface area contributed by atoms with Crippen molar-refractivity contribution in [3.8, 4) is 0 Å². The number of aliphatic hydroxyl groups is 2. The number of hydrogen-bond acceptors (Lipinski definition) is 13. The molecule has 1 aromatic heterocycles. The molecule has 0 saturated carbocycles. The predicted molar refractivity (Wildman–Crippen MR) is 94.7 cm³/mol. The zero-order chi connectivity index (χ0) is 22.7. The highest BCUT2D eigenvalue weighted by atomic mass is 31.3. The maximum Gasteiger partial charge on any atom is 0.351 e. The van der Waals surface area contributed by atoms with Crippen LogP contribution in [0.3, 0.4) is 0 Å². The Bertz CT molecular complexity index is 881. The van der Waals surface area contributed by atoms with Crippen molar-refractivity contribution in [3.63, 3.8) is 0 Å². The minimum absolute atomic E-state index is 0.0788. The van der Waals surface area contributed by atoms with Gasteiger partial charge in [-0.05, 0) is 6.07 Å². The lowest BCUT2D eigenvalue weighted by molar-refractivity contribution is -0.858. The molecule has 1 aliphatic heterocycles. The summed E-state index contributed by atoms with van der Waals surface area (Å²) in [6.07, 6.45) is -5.00. The number of phosphoric ester groups is 2. The van der Waals surface area contributed by atoms with Gasteiger partial charge in [0, 0.05) is 6.20 Å². The molecule has 0 aliphatic carbocycles. The van der Waals surface area contributed by atoms with E-state index < -0.39 is 52.5 Å². The third-order valence-corrected chi connectivity index (χ3v) is 6.48. The highest BCUT2D eigenvalue weighted by Crippen LogP contribution is 2.55. The van der Waals surface area contributed by atoms with Crippen molar-refractivity contribution in [2.45, 2.75) is 24.5 Å². The zero-order valence-corrected chi connectivity index (χ0v) is 17.8. The van der Waals surface area contributed by atoms with Crippen molar-refractivity contribution in [2.75, 3.05) is 39.6 Å². The van der Waals surface area contributed by atoms with Gasteiger partial charge in [0.2, 0.25) is 0 Å². The Morgan fingerprint density at radius 2 is 1.90 bits per heavy atom. The van der Waals surface area contributed by atoms with Crippen LogP contribution in [0.1, 0.15) is 6.23 Å². The van der Waals surface area contributed by atoms with E-state index in [1.807, 2.05) is 0 Å². The number of nitrogens with zero attached hydrogens (tertiary/aromatic N) is 2. The van der Waals surface area contributed by atoms with Crippen LogP contribution in [0.15, 0.2) is 17.1 Å². The minimum Gasteiger partial charge on any atom is -0.756 e. The van der Waals surface area contributed by atoms with Crippen LogP contribution in [0.2, 0.25) is 0 Å². The summed E-state index contributed by atoms with van der Waals surface area (Å²) in [7, 11) is -7.17. The topological polar surface area (TPSA) is 223 Å². The highest BCUT2D eigenvalue weighted by Gasteiger charge is 2.44. The molecule has 172 valence electrons. The van der Waals surface area contributed by atoms with E-state index in [0.717, 1.165) is 15.7 Å². The second-order valence-corrected chi connectivity index (χ2v) is 9.61. The maximum absolute atomic E-state index is 11.9. The Labute approximate surface area is 170 Å². The van der Waals surface area contributed by atoms with Crippen LogP contribution >= 0.6 is 15.6 Å². The lowest BCUT2D eigenvalue weighted by atomic mass is 10.1. The molecule has 0 radical (unpaired) electrons. The standard InChI is InChI=1S/C13H24N4O11P2/c1-16(2)5-6-25-29(21,22)28-30(23,24)26-7-8-10(18)11(19)12(27-8)17-4-3-9(14)15-13(17)20/h3-4,8,10-12,18-19H,5-7H2,1-2H3,(H,21,22)(H,23,24)(H2,14,15,20)/p-1/t8-,10-,11-,12-/m1/s1. The number of nitrogen functional groups attached to an aromatic ring is 1. The second-order valence-electron chi connectivity index (χ2n) is 6.65. The number of ether oxygens (including phenoxy) is 1. The van der Waals surface area contributed by atoms with Gasteiger partial charge in [-0.3, -0.25) is 13.7 Å². The molecular weight excluding hydrogens is 450 g/mol. The van der Waals surface area contributed by atoms with E-state index in [4.69, 9.17) is 10.5 Å². The van der Waals surface area contributed by atoms with Gasteiger partial charge in [0.1, 0.15) is 37.3 Å². The Morgan fingerprint density at radius 3 is 2.50 bits per heavy atom. The van der Waals surface area contributed by atoms with Crippen molar-refractivity contribution in [2.24, 2.45) is 0 Å². The van der Waals surface area contributed by atoms with Crippen LogP contribution < -0.4 is 26.1 Å². The number of rotatable bonds is 10. The number of nitrogens with one attached hydrogen (secondary N) is 1. The van der Waals surface area contributed by atoms with Crippen LogP contribution in [-0.2, 0) is 27.2 Å².